The molecule has 0 bridgehead atoms. The van der Waals surface area contributed by atoms with Gasteiger partial charge in [0.15, 0.2) is 0 Å². The molecule has 0 aromatic rings. The van der Waals surface area contributed by atoms with Crippen LogP contribution in [0.3, 0.4) is 0 Å². The molecule has 2 nitrogen and oxygen atoms in total. The van der Waals surface area contributed by atoms with Crippen LogP contribution >= 0.6 is 12.6 Å². The summed E-state index contributed by atoms with van der Waals surface area (Å²) in [5.74, 6) is 1.67. The second-order valence-electron chi connectivity index (χ2n) is 3.85. The summed E-state index contributed by atoms with van der Waals surface area (Å²) < 4.78 is 0. The maximum atomic E-state index is 4.26. The molecule has 74 valence electrons. The largest absolute Gasteiger partial charge is 0.308 e. The third-order valence-corrected chi connectivity index (χ3v) is 2.49. The molecule has 0 aromatic heterocycles. The van der Waals surface area contributed by atoms with E-state index in [2.05, 4.69) is 50.5 Å². The van der Waals surface area contributed by atoms with Gasteiger partial charge in [-0.2, -0.15) is 12.6 Å². The second-order valence-corrected chi connectivity index (χ2v) is 4.22. The topological polar surface area (TPSA) is 6.48 Å². The van der Waals surface area contributed by atoms with Gasteiger partial charge in [-0.25, -0.2) is 0 Å². The fraction of sp³-hybridized carbons (Fsp3) is 1.00. The predicted octanol–water partition coefficient (Wildman–Crippen LogP) is 1.05. The lowest BCUT2D eigenvalue weighted by atomic mass is 10.2. The second kappa shape index (κ2) is 6.75. The van der Waals surface area contributed by atoms with Crippen LogP contribution in [0.25, 0.3) is 0 Å². The highest BCUT2D eigenvalue weighted by Gasteiger charge is 2.04. The average molecular weight is 190 g/mol. The van der Waals surface area contributed by atoms with E-state index in [1.54, 1.807) is 0 Å². The summed E-state index contributed by atoms with van der Waals surface area (Å²) in [6.07, 6.45) is 0. The molecule has 0 amide bonds. The summed E-state index contributed by atoms with van der Waals surface area (Å²) in [5.41, 5.74) is 0. The fourth-order valence-corrected chi connectivity index (χ4v) is 1.17. The molecular formula is C9H22N2S. The van der Waals surface area contributed by atoms with Gasteiger partial charge in [-0.15, -0.1) is 0 Å². The van der Waals surface area contributed by atoms with Crippen LogP contribution in [0.5, 0.6) is 0 Å². The maximum Gasteiger partial charge on any atom is 0.0106 e. The smallest absolute Gasteiger partial charge is 0.0106 e. The Balaban J connectivity index is 3.39. The SMILES string of the molecule is CC(CS)CN(C)CCN(C)C. The van der Waals surface area contributed by atoms with Gasteiger partial charge in [0.2, 0.25) is 0 Å². The minimum absolute atomic E-state index is 0.695. The van der Waals surface area contributed by atoms with Gasteiger partial charge in [-0.1, -0.05) is 6.92 Å². The molecule has 0 aliphatic heterocycles. The molecule has 0 aromatic carbocycles. The Morgan fingerprint density at radius 3 is 2.17 bits per heavy atom. The van der Waals surface area contributed by atoms with Gasteiger partial charge in [-0.3, -0.25) is 0 Å². The quantitative estimate of drug-likeness (QED) is 0.625. The minimum atomic E-state index is 0.695. The molecule has 0 saturated carbocycles. The molecule has 0 rings (SSSR count). The molecule has 0 heterocycles. The Bertz CT molecular complexity index is 107. The van der Waals surface area contributed by atoms with Crippen LogP contribution < -0.4 is 0 Å². The standard InChI is InChI=1S/C9H22N2S/c1-9(8-12)7-11(4)6-5-10(2)3/h9,12H,5-8H2,1-4H3. The Labute approximate surface area is 82.3 Å². The summed E-state index contributed by atoms with van der Waals surface area (Å²) in [5, 5.41) is 0. The van der Waals surface area contributed by atoms with Crippen LogP contribution in [0.1, 0.15) is 6.92 Å². The summed E-state index contributed by atoms with van der Waals surface area (Å²) >= 11 is 4.26. The number of hydrogen-bond donors (Lipinski definition) is 1. The molecule has 3 heteroatoms. The van der Waals surface area contributed by atoms with Crippen LogP contribution in [0.15, 0.2) is 0 Å². The van der Waals surface area contributed by atoms with Crippen LogP contribution in [-0.2, 0) is 0 Å². The highest BCUT2D eigenvalue weighted by atomic mass is 32.1. The molecule has 0 radical (unpaired) electrons. The normalized spacial score (nSPS) is 14.2. The Kier molecular flexibility index (Phi) is 6.90. The zero-order chi connectivity index (χ0) is 9.56. The monoisotopic (exact) mass is 190 g/mol. The number of rotatable bonds is 6. The van der Waals surface area contributed by atoms with E-state index in [1.165, 1.54) is 0 Å². The Hall–Kier alpha value is 0.270. The third-order valence-electron chi connectivity index (χ3n) is 1.86. The number of hydrogen-bond acceptors (Lipinski definition) is 3. The van der Waals surface area contributed by atoms with Crippen molar-refractivity contribution in [2.45, 2.75) is 6.92 Å². The van der Waals surface area contributed by atoms with Crippen molar-refractivity contribution in [2.24, 2.45) is 5.92 Å². The molecule has 0 fully saturated rings. The van der Waals surface area contributed by atoms with Crippen LogP contribution in [0.4, 0.5) is 0 Å². The van der Waals surface area contributed by atoms with E-state index in [1.807, 2.05) is 0 Å². The van der Waals surface area contributed by atoms with Crippen molar-refractivity contribution in [1.82, 2.24) is 9.80 Å². The maximum absolute atomic E-state index is 4.26. The van der Waals surface area contributed by atoms with Crippen molar-refractivity contribution in [3.05, 3.63) is 0 Å². The van der Waals surface area contributed by atoms with Crippen LogP contribution in [0.2, 0.25) is 0 Å². The summed E-state index contributed by atoms with van der Waals surface area (Å²) in [6, 6.07) is 0. The zero-order valence-electron chi connectivity index (χ0n) is 8.75. The number of nitrogens with zero attached hydrogens (tertiary/aromatic N) is 2. The summed E-state index contributed by atoms with van der Waals surface area (Å²) in [6.45, 7) is 5.66. The van der Waals surface area contributed by atoms with E-state index in [0.717, 1.165) is 25.4 Å². The molecular weight excluding hydrogens is 168 g/mol. The van der Waals surface area contributed by atoms with Crippen molar-refractivity contribution in [3.8, 4) is 0 Å². The first-order valence-electron chi connectivity index (χ1n) is 4.50. The van der Waals surface area contributed by atoms with Gasteiger partial charge < -0.3 is 9.80 Å². The van der Waals surface area contributed by atoms with E-state index in [-0.39, 0.29) is 0 Å². The van der Waals surface area contributed by atoms with Gasteiger partial charge >= 0.3 is 0 Å². The van der Waals surface area contributed by atoms with Crippen molar-refractivity contribution < 1.29 is 0 Å². The Morgan fingerprint density at radius 1 is 1.17 bits per heavy atom. The first-order chi connectivity index (χ1) is 5.56. The summed E-state index contributed by atoms with van der Waals surface area (Å²) in [4.78, 5) is 4.57. The van der Waals surface area contributed by atoms with Gasteiger partial charge in [0.1, 0.15) is 0 Å². The molecule has 0 N–H and O–H groups in total. The zero-order valence-corrected chi connectivity index (χ0v) is 9.64. The Morgan fingerprint density at radius 2 is 1.75 bits per heavy atom. The van der Waals surface area contributed by atoms with E-state index < -0.39 is 0 Å². The van der Waals surface area contributed by atoms with Crippen molar-refractivity contribution in [1.29, 1.82) is 0 Å². The third kappa shape index (κ3) is 6.95. The highest BCUT2D eigenvalue weighted by molar-refractivity contribution is 7.80. The van der Waals surface area contributed by atoms with Gasteiger partial charge in [0, 0.05) is 19.6 Å². The van der Waals surface area contributed by atoms with Crippen molar-refractivity contribution >= 4 is 12.6 Å². The lowest BCUT2D eigenvalue weighted by Crippen LogP contribution is -2.32. The lowest BCUT2D eigenvalue weighted by Gasteiger charge is -2.21. The molecule has 0 aliphatic rings. The molecule has 0 saturated heterocycles. The lowest BCUT2D eigenvalue weighted by molar-refractivity contribution is 0.260. The highest BCUT2D eigenvalue weighted by Crippen LogP contribution is 1.99. The first kappa shape index (κ1) is 12.3. The molecule has 12 heavy (non-hydrogen) atoms. The van der Waals surface area contributed by atoms with Gasteiger partial charge in [0.05, 0.1) is 0 Å². The first-order valence-corrected chi connectivity index (χ1v) is 5.13. The average Bonchev–Trinajstić information content (AvgIpc) is 2.00. The number of thiol groups is 1. The molecule has 1 atom stereocenters. The van der Waals surface area contributed by atoms with Crippen molar-refractivity contribution in [2.75, 3.05) is 46.5 Å². The number of likely N-dealkylation sites (N-methyl/N-ethyl adjacent to an activating group) is 2. The van der Waals surface area contributed by atoms with Gasteiger partial charge in [-0.05, 0) is 32.8 Å². The summed E-state index contributed by atoms with van der Waals surface area (Å²) in [7, 11) is 6.38. The van der Waals surface area contributed by atoms with Crippen LogP contribution in [0, 0.1) is 5.92 Å². The van der Waals surface area contributed by atoms with E-state index in [4.69, 9.17) is 0 Å². The molecule has 0 spiro atoms. The van der Waals surface area contributed by atoms with Crippen LogP contribution in [-0.4, -0.2) is 56.3 Å². The molecule has 1 unspecified atom stereocenters. The van der Waals surface area contributed by atoms with E-state index >= 15 is 0 Å². The molecule has 0 aliphatic carbocycles. The van der Waals surface area contributed by atoms with Crippen molar-refractivity contribution in [3.63, 3.8) is 0 Å². The van der Waals surface area contributed by atoms with E-state index in [0.29, 0.717) is 5.92 Å². The van der Waals surface area contributed by atoms with Gasteiger partial charge in [0.25, 0.3) is 0 Å². The van der Waals surface area contributed by atoms with E-state index in [9.17, 15) is 0 Å². The minimum Gasteiger partial charge on any atom is -0.308 e. The fourth-order valence-electron chi connectivity index (χ4n) is 1.05. The predicted molar refractivity (Wildman–Crippen MR) is 59.1 cm³/mol.